The van der Waals surface area contributed by atoms with Crippen LogP contribution < -0.4 is 19.9 Å². The largest absolute Gasteiger partial charge is 0.454 e. The molecule has 0 bridgehead atoms. The Morgan fingerprint density at radius 1 is 1.20 bits per heavy atom. The number of benzene rings is 2. The minimum absolute atomic E-state index is 0.00223. The Morgan fingerprint density at radius 3 is 2.70 bits per heavy atom. The predicted octanol–water partition coefficient (Wildman–Crippen LogP) is 4.29. The van der Waals surface area contributed by atoms with Crippen LogP contribution in [0.3, 0.4) is 0 Å². The third kappa shape index (κ3) is 2.69. The van der Waals surface area contributed by atoms with E-state index in [1.807, 2.05) is 26.0 Å². The third-order valence-electron chi connectivity index (χ3n) is 5.39. The van der Waals surface area contributed by atoms with Crippen molar-refractivity contribution in [3.8, 4) is 34.7 Å². The van der Waals surface area contributed by atoms with E-state index in [0.29, 0.717) is 33.5 Å². The number of nitrogens with two attached hydrogens (primary N) is 1. The monoisotopic (exact) mass is 420 g/mol. The van der Waals surface area contributed by atoms with Gasteiger partial charge in [0, 0.05) is 16.7 Å². The molecule has 0 amide bonds. The van der Waals surface area contributed by atoms with Crippen LogP contribution in [0.1, 0.15) is 28.2 Å². The predicted molar refractivity (Wildman–Crippen MR) is 110 cm³/mol. The van der Waals surface area contributed by atoms with Crippen LogP contribution in [-0.2, 0) is 0 Å². The number of allylic oxidation sites excluding steroid dienone is 1. The van der Waals surface area contributed by atoms with E-state index in [-0.39, 0.29) is 18.2 Å². The lowest BCUT2D eigenvalue weighted by Crippen LogP contribution is -2.21. The zero-order valence-corrected chi connectivity index (χ0v) is 17.0. The van der Waals surface area contributed by atoms with Crippen molar-refractivity contribution in [3.63, 3.8) is 0 Å². The van der Waals surface area contributed by atoms with Crippen molar-refractivity contribution in [1.29, 1.82) is 5.26 Å². The molecule has 1 atom stereocenters. The van der Waals surface area contributed by atoms with E-state index in [2.05, 4.69) is 22.3 Å². The number of ether oxygens (including phenoxy) is 3. The minimum atomic E-state index is -0.574. The van der Waals surface area contributed by atoms with E-state index in [4.69, 9.17) is 31.5 Å². The smallest absolute Gasteiger partial charge is 0.244 e. The van der Waals surface area contributed by atoms with E-state index in [0.717, 1.165) is 22.4 Å². The summed E-state index contributed by atoms with van der Waals surface area (Å²) >= 11 is 6.62. The number of rotatable bonds is 2. The summed E-state index contributed by atoms with van der Waals surface area (Å²) in [6, 6.07) is 11.8. The maximum absolute atomic E-state index is 9.90. The van der Waals surface area contributed by atoms with Gasteiger partial charge in [0.25, 0.3) is 0 Å². The van der Waals surface area contributed by atoms with E-state index < -0.39 is 5.92 Å². The van der Waals surface area contributed by atoms with Gasteiger partial charge in [-0.05, 0) is 31.0 Å². The fraction of sp³-hybridized carbons (Fsp3) is 0.182. The molecule has 3 N–H and O–H groups in total. The molecule has 0 radical (unpaired) electrons. The zero-order valence-electron chi connectivity index (χ0n) is 16.2. The van der Waals surface area contributed by atoms with Crippen LogP contribution in [0.4, 0.5) is 0 Å². The lowest BCUT2D eigenvalue weighted by Gasteiger charge is -2.25. The summed E-state index contributed by atoms with van der Waals surface area (Å²) in [7, 11) is 0. The molecule has 3 aromatic rings. The number of nitriles is 1. The highest BCUT2D eigenvalue weighted by molar-refractivity contribution is 6.31. The number of nitrogens with one attached hydrogen (secondary N) is 1. The first-order valence-electron chi connectivity index (χ1n) is 9.30. The summed E-state index contributed by atoms with van der Waals surface area (Å²) in [5.74, 6) is 0.876. The number of fused-ring (bicyclic) bond motifs is 2. The molecule has 3 heterocycles. The molecule has 0 aliphatic carbocycles. The summed E-state index contributed by atoms with van der Waals surface area (Å²) < 4.78 is 16.6. The Kier molecular flexibility index (Phi) is 4.12. The number of nitrogens with zero attached hydrogens (tertiary/aromatic N) is 2. The summed E-state index contributed by atoms with van der Waals surface area (Å²) in [6.07, 6.45) is 0. The maximum Gasteiger partial charge on any atom is 0.244 e. The number of hydrogen-bond acceptors (Lipinski definition) is 6. The standard InChI is InChI=1S/C22H17ClN4O3/c1-10-3-4-12(11(2)5-10)20-19-18(14(8-24)21(25)30-22(19)27-26-20)13-6-16-17(7-15(13)23)29-9-28-16/h3-7,18H,9,25H2,1-2H3,(H,26,27)/t18-/m0/s1. The molecule has 7 nitrogen and oxygen atoms in total. The van der Waals surface area contributed by atoms with Gasteiger partial charge in [-0.25, -0.2) is 0 Å². The molecule has 2 aromatic carbocycles. The van der Waals surface area contributed by atoms with Crippen LogP contribution in [-0.4, -0.2) is 17.0 Å². The Labute approximate surface area is 177 Å². The third-order valence-corrected chi connectivity index (χ3v) is 5.72. The second-order valence-corrected chi connectivity index (χ2v) is 7.69. The number of halogens is 1. The van der Waals surface area contributed by atoms with Gasteiger partial charge in [-0.15, -0.1) is 5.10 Å². The first kappa shape index (κ1) is 18.4. The normalized spacial score (nSPS) is 16.8. The molecule has 150 valence electrons. The molecular weight excluding hydrogens is 404 g/mol. The van der Waals surface area contributed by atoms with Crippen molar-refractivity contribution in [2.24, 2.45) is 5.73 Å². The number of aromatic amines is 1. The van der Waals surface area contributed by atoms with Crippen molar-refractivity contribution >= 4 is 11.6 Å². The van der Waals surface area contributed by atoms with Gasteiger partial charge in [0.15, 0.2) is 11.5 Å². The van der Waals surface area contributed by atoms with Gasteiger partial charge >= 0.3 is 0 Å². The average molecular weight is 421 g/mol. The molecular formula is C22H17ClN4O3. The van der Waals surface area contributed by atoms with Crippen molar-refractivity contribution in [1.82, 2.24) is 10.2 Å². The molecule has 0 saturated carbocycles. The zero-order chi connectivity index (χ0) is 21.0. The van der Waals surface area contributed by atoms with E-state index in [9.17, 15) is 5.26 Å². The second-order valence-electron chi connectivity index (χ2n) is 7.29. The van der Waals surface area contributed by atoms with Crippen LogP contribution in [0.25, 0.3) is 11.3 Å². The van der Waals surface area contributed by atoms with Gasteiger partial charge in [0.1, 0.15) is 11.6 Å². The maximum atomic E-state index is 9.90. The Morgan fingerprint density at radius 2 is 1.97 bits per heavy atom. The summed E-state index contributed by atoms with van der Waals surface area (Å²) in [5.41, 5.74) is 11.6. The molecule has 0 unspecified atom stereocenters. The minimum Gasteiger partial charge on any atom is -0.454 e. The fourth-order valence-corrected chi connectivity index (χ4v) is 4.27. The lowest BCUT2D eigenvalue weighted by molar-refractivity contribution is 0.174. The Balaban J connectivity index is 1.76. The first-order valence-corrected chi connectivity index (χ1v) is 9.68. The molecule has 5 rings (SSSR count). The van der Waals surface area contributed by atoms with Crippen LogP contribution in [0, 0.1) is 25.2 Å². The van der Waals surface area contributed by atoms with Gasteiger partial charge in [-0.2, -0.15) is 5.26 Å². The number of hydrogen-bond donors (Lipinski definition) is 2. The molecule has 2 aliphatic heterocycles. The van der Waals surface area contributed by atoms with Crippen LogP contribution in [0.15, 0.2) is 41.8 Å². The van der Waals surface area contributed by atoms with Crippen molar-refractivity contribution < 1.29 is 14.2 Å². The Hall–Kier alpha value is -3.63. The highest BCUT2D eigenvalue weighted by Gasteiger charge is 2.37. The fourth-order valence-electron chi connectivity index (χ4n) is 4.01. The first-order chi connectivity index (χ1) is 14.5. The van der Waals surface area contributed by atoms with Crippen molar-refractivity contribution in [3.05, 3.63) is 69.1 Å². The molecule has 0 fully saturated rings. The highest BCUT2D eigenvalue weighted by atomic mass is 35.5. The molecule has 8 heteroatoms. The highest BCUT2D eigenvalue weighted by Crippen LogP contribution is 2.50. The molecule has 30 heavy (non-hydrogen) atoms. The van der Waals surface area contributed by atoms with Crippen LogP contribution in [0.5, 0.6) is 17.4 Å². The average Bonchev–Trinajstić information content (AvgIpc) is 3.33. The molecule has 0 spiro atoms. The van der Waals surface area contributed by atoms with Crippen LogP contribution >= 0.6 is 11.6 Å². The summed E-state index contributed by atoms with van der Waals surface area (Å²) in [5, 5.41) is 17.7. The summed E-state index contributed by atoms with van der Waals surface area (Å²) in [4.78, 5) is 0. The molecule has 0 saturated heterocycles. The number of aromatic nitrogens is 2. The quantitative estimate of drug-likeness (QED) is 0.640. The van der Waals surface area contributed by atoms with Gasteiger partial charge in [0.2, 0.25) is 18.6 Å². The van der Waals surface area contributed by atoms with E-state index >= 15 is 0 Å². The lowest BCUT2D eigenvalue weighted by atomic mass is 9.82. The second kappa shape index (κ2) is 6.71. The van der Waals surface area contributed by atoms with E-state index in [1.54, 1.807) is 12.1 Å². The molecule has 1 aromatic heterocycles. The number of aryl methyl sites for hydroxylation is 2. The van der Waals surface area contributed by atoms with Crippen LogP contribution in [0.2, 0.25) is 5.02 Å². The SMILES string of the molecule is Cc1ccc(-c2[nH]nc3c2[C@@H](c2cc4c(cc2Cl)OCO4)C(C#N)=C(N)O3)c(C)c1. The van der Waals surface area contributed by atoms with E-state index in [1.165, 1.54) is 0 Å². The van der Waals surface area contributed by atoms with Gasteiger partial charge < -0.3 is 19.9 Å². The van der Waals surface area contributed by atoms with Gasteiger partial charge in [0.05, 0.1) is 17.2 Å². The number of H-pyrrole nitrogens is 1. The van der Waals surface area contributed by atoms with Gasteiger partial charge in [-0.1, -0.05) is 35.4 Å². The Bertz CT molecular complexity index is 1270. The van der Waals surface area contributed by atoms with Gasteiger partial charge in [-0.3, -0.25) is 5.10 Å². The topological polar surface area (TPSA) is 106 Å². The van der Waals surface area contributed by atoms with Crippen molar-refractivity contribution in [2.75, 3.05) is 6.79 Å². The van der Waals surface area contributed by atoms with Crippen molar-refractivity contribution in [2.45, 2.75) is 19.8 Å². The summed E-state index contributed by atoms with van der Waals surface area (Å²) in [6.45, 7) is 4.18. The molecule has 2 aliphatic rings.